The Bertz CT molecular complexity index is 986. The molecule has 3 aromatic rings. The molecule has 1 N–H and O–H groups in total. The van der Waals surface area contributed by atoms with E-state index < -0.39 is 4.92 Å². The predicted octanol–water partition coefficient (Wildman–Crippen LogP) is 3.97. The lowest BCUT2D eigenvalue weighted by atomic mass is 10.1. The van der Waals surface area contributed by atoms with Gasteiger partial charge < -0.3 is 10.2 Å². The summed E-state index contributed by atoms with van der Waals surface area (Å²) in [5.74, 6) is 0.488. The van der Waals surface area contributed by atoms with Crippen LogP contribution < -0.4 is 5.32 Å². The second-order valence-corrected chi connectivity index (χ2v) is 6.44. The van der Waals surface area contributed by atoms with E-state index in [0.717, 1.165) is 5.56 Å². The number of aromatic nitrogens is 1. The highest BCUT2D eigenvalue weighted by Crippen LogP contribution is 2.29. The van der Waals surface area contributed by atoms with Crippen molar-refractivity contribution in [2.45, 2.75) is 6.54 Å². The Hall–Kier alpha value is -3.74. The molecule has 7 nitrogen and oxygen atoms in total. The number of nitro groups is 1. The number of benzene rings is 2. The molecule has 0 saturated carbocycles. The summed E-state index contributed by atoms with van der Waals surface area (Å²) in [4.78, 5) is 28.8. The molecule has 1 aromatic heterocycles. The third kappa shape index (κ3) is 4.32. The van der Waals surface area contributed by atoms with Gasteiger partial charge in [0.25, 0.3) is 11.6 Å². The Morgan fingerprint density at radius 3 is 2.32 bits per heavy atom. The number of carbonyl (C=O) groups is 1. The van der Waals surface area contributed by atoms with E-state index in [-0.39, 0.29) is 11.6 Å². The van der Waals surface area contributed by atoms with E-state index in [1.54, 1.807) is 44.4 Å². The maximum absolute atomic E-state index is 11.9. The largest absolute Gasteiger partial charge is 0.366 e. The zero-order chi connectivity index (χ0) is 20.1. The average molecular weight is 376 g/mol. The van der Waals surface area contributed by atoms with E-state index in [4.69, 9.17) is 0 Å². The Morgan fingerprint density at radius 2 is 1.71 bits per heavy atom. The summed E-state index contributed by atoms with van der Waals surface area (Å²) in [5.41, 5.74) is 2.56. The third-order valence-corrected chi connectivity index (χ3v) is 4.20. The Morgan fingerprint density at radius 1 is 1.04 bits per heavy atom. The van der Waals surface area contributed by atoms with Crippen LogP contribution in [0.25, 0.3) is 11.3 Å². The molecule has 0 aliphatic carbocycles. The van der Waals surface area contributed by atoms with Crippen molar-refractivity contribution in [3.05, 3.63) is 88.0 Å². The molecule has 0 bridgehead atoms. The van der Waals surface area contributed by atoms with Crippen LogP contribution in [0.3, 0.4) is 0 Å². The van der Waals surface area contributed by atoms with E-state index >= 15 is 0 Å². The van der Waals surface area contributed by atoms with Gasteiger partial charge in [-0.2, -0.15) is 0 Å². The van der Waals surface area contributed by atoms with Crippen molar-refractivity contribution in [3.8, 4) is 11.3 Å². The topological polar surface area (TPSA) is 88.4 Å². The standard InChI is InChI=1S/C21H20N4O3/c1-24(2)21(26)17-10-8-15(9-11-17)14-22-19-13-12-18(25(27)28)20(23-19)16-6-4-3-5-7-16/h3-13H,14H2,1-2H3,(H,22,23). The van der Waals surface area contributed by atoms with E-state index in [2.05, 4.69) is 10.3 Å². The van der Waals surface area contributed by atoms with Crippen LogP contribution in [-0.4, -0.2) is 34.8 Å². The molecular weight excluding hydrogens is 356 g/mol. The molecular formula is C21H20N4O3. The van der Waals surface area contributed by atoms with Gasteiger partial charge in [0.15, 0.2) is 5.69 Å². The summed E-state index contributed by atoms with van der Waals surface area (Å²) in [6, 6.07) is 19.4. The molecule has 2 aromatic carbocycles. The first kappa shape index (κ1) is 19.0. The van der Waals surface area contributed by atoms with Gasteiger partial charge in [0.2, 0.25) is 0 Å². The van der Waals surface area contributed by atoms with E-state index in [0.29, 0.717) is 29.2 Å². The first-order chi connectivity index (χ1) is 13.5. The molecule has 0 spiro atoms. The maximum Gasteiger partial charge on any atom is 0.295 e. The number of amides is 1. The third-order valence-electron chi connectivity index (χ3n) is 4.20. The average Bonchev–Trinajstić information content (AvgIpc) is 2.72. The molecule has 1 amide bonds. The van der Waals surface area contributed by atoms with Crippen molar-refractivity contribution < 1.29 is 9.72 Å². The number of pyridine rings is 1. The second-order valence-electron chi connectivity index (χ2n) is 6.44. The highest BCUT2D eigenvalue weighted by molar-refractivity contribution is 5.93. The number of carbonyl (C=O) groups excluding carboxylic acids is 1. The fourth-order valence-corrected chi connectivity index (χ4v) is 2.72. The molecule has 0 atom stereocenters. The van der Waals surface area contributed by atoms with Gasteiger partial charge >= 0.3 is 0 Å². The Kier molecular flexibility index (Phi) is 5.64. The summed E-state index contributed by atoms with van der Waals surface area (Å²) in [7, 11) is 3.42. The maximum atomic E-state index is 11.9. The SMILES string of the molecule is CN(C)C(=O)c1ccc(CNc2ccc([N+](=O)[O-])c(-c3ccccc3)n2)cc1. The number of nitrogens with one attached hydrogen (secondary N) is 1. The molecule has 28 heavy (non-hydrogen) atoms. The number of nitrogens with zero attached hydrogens (tertiary/aromatic N) is 3. The highest BCUT2D eigenvalue weighted by Gasteiger charge is 2.17. The van der Waals surface area contributed by atoms with Crippen LogP contribution in [0.4, 0.5) is 11.5 Å². The second kappa shape index (κ2) is 8.30. The number of hydrogen-bond acceptors (Lipinski definition) is 5. The summed E-state index contributed by atoms with van der Waals surface area (Å²) < 4.78 is 0. The van der Waals surface area contributed by atoms with E-state index in [1.807, 2.05) is 30.3 Å². The van der Waals surface area contributed by atoms with Crippen molar-refractivity contribution in [1.82, 2.24) is 9.88 Å². The molecule has 0 fully saturated rings. The van der Waals surface area contributed by atoms with Crippen molar-refractivity contribution in [1.29, 1.82) is 0 Å². The lowest BCUT2D eigenvalue weighted by molar-refractivity contribution is -0.384. The number of hydrogen-bond donors (Lipinski definition) is 1. The minimum atomic E-state index is -0.431. The zero-order valence-corrected chi connectivity index (χ0v) is 15.6. The van der Waals surface area contributed by atoms with E-state index in [1.165, 1.54) is 11.0 Å². The molecule has 7 heteroatoms. The highest BCUT2D eigenvalue weighted by atomic mass is 16.6. The number of anilines is 1. The van der Waals surface area contributed by atoms with Gasteiger partial charge in [-0.1, -0.05) is 42.5 Å². The van der Waals surface area contributed by atoms with Crippen molar-refractivity contribution in [3.63, 3.8) is 0 Å². The first-order valence-electron chi connectivity index (χ1n) is 8.71. The van der Waals surface area contributed by atoms with Gasteiger partial charge in [-0.3, -0.25) is 14.9 Å². The monoisotopic (exact) mass is 376 g/mol. The van der Waals surface area contributed by atoms with Crippen LogP contribution in [0.1, 0.15) is 15.9 Å². The lowest BCUT2D eigenvalue weighted by Gasteiger charge is -2.11. The first-order valence-corrected chi connectivity index (χ1v) is 8.71. The van der Waals surface area contributed by atoms with Gasteiger partial charge in [0.1, 0.15) is 5.82 Å². The number of rotatable bonds is 6. The van der Waals surface area contributed by atoms with Crippen LogP contribution in [0.2, 0.25) is 0 Å². The van der Waals surface area contributed by atoms with Crippen LogP contribution in [0.5, 0.6) is 0 Å². The van der Waals surface area contributed by atoms with Gasteiger partial charge in [-0.05, 0) is 23.8 Å². The molecule has 0 unspecified atom stereocenters. The lowest BCUT2D eigenvalue weighted by Crippen LogP contribution is -2.21. The smallest absolute Gasteiger partial charge is 0.295 e. The molecule has 0 aliphatic rings. The van der Waals surface area contributed by atoms with E-state index in [9.17, 15) is 14.9 Å². The minimum Gasteiger partial charge on any atom is -0.366 e. The molecule has 142 valence electrons. The van der Waals surface area contributed by atoms with Crippen molar-refractivity contribution in [2.75, 3.05) is 19.4 Å². The normalized spacial score (nSPS) is 10.4. The molecule has 1 heterocycles. The fourth-order valence-electron chi connectivity index (χ4n) is 2.72. The minimum absolute atomic E-state index is 0.0386. The quantitative estimate of drug-likeness (QED) is 0.519. The van der Waals surface area contributed by atoms with Gasteiger partial charge in [-0.25, -0.2) is 4.98 Å². The summed E-state index contributed by atoms with van der Waals surface area (Å²) >= 11 is 0. The zero-order valence-electron chi connectivity index (χ0n) is 15.6. The van der Waals surface area contributed by atoms with Crippen molar-refractivity contribution in [2.24, 2.45) is 0 Å². The summed E-state index contributed by atoms with van der Waals surface area (Å²) in [5, 5.41) is 14.5. The van der Waals surface area contributed by atoms with Gasteiger partial charge in [-0.15, -0.1) is 0 Å². The van der Waals surface area contributed by atoms with Crippen LogP contribution in [0.15, 0.2) is 66.7 Å². The van der Waals surface area contributed by atoms with Crippen LogP contribution >= 0.6 is 0 Å². The fraction of sp³-hybridized carbons (Fsp3) is 0.143. The summed E-state index contributed by atoms with van der Waals surface area (Å²) in [6.07, 6.45) is 0. The van der Waals surface area contributed by atoms with Gasteiger partial charge in [0, 0.05) is 37.8 Å². The molecule has 0 aliphatic heterocycles. The predicted molar refractivity (Wildman–Crippen MR) is 108 cm³/mol. The van der Waals surface area contributed by atoms with Crippen molar-refractivity contribution >= 4 is 17.4 Å². The molecule has 0 saturated heterocycles. The Labute approximate surface area is 162 Å². The molecule has 3 rings (SSSR count). The summed E-state index contributed by atoms with van der Waals surface area (Å²) in [6.45, 7) is 0.482. The molecule has 0 radical (unpaired) electrons. The van der Waals surface area contributed by atoms with Crippen LogP contribution in [-0.2, 0) is 6.54 Å². The van der Waals surface area contributed by atoms with Crippen LogP contribution in [0, 0.1) is 10.1 Å². The van der Waals surface area contributed by atoms with Gasteiger partial charge in [0.05, 0.1) is 4.92 Å². The Balaban J connectivity index is 1.78.